The number of aliphatic hydroxyl groups is 1. The maximum absolute atomic E-state index is 12.7. The molecule has 0 spiro atoms. The number of hydrogen-bond acceptors (Lipinski definition) is 3. The zero-order valence-electron chi connectivity index (χ0n) is 19.7. The molecule has 32 heavy (non-hydrogen) atoms. The van der Waals surface area contributed by atoms with Crippen molar-refractivity contribution in [2.45, 2.75) is 71.3 Å². The van der Waals surface area contributed by atoms with E-state index >= 15 is 0 Å². The van der Waals surface area contributed by atoms with E-state index < -0.39 is 0 Å². The number of anilines is 1. The molecule has 1 amide bonds. The SMILES string of the molecule is Cc1cc2c(cc1Cc1ccc(C(=O)Nc3ccccc3CO)o1)C(C)(C)CCC2(C)C. The van der Waals surface area contributed by atoms with Crippen LogP contribution >= 0.6 is 0 Å². The minimum absolute atomic E-state index is 0.134. The number of nitrogens with one attached hydrogen (secondary N) is 1. The molecule has 168 valence electrons. The Morgan fingerprint density at radius 1 is 0.969 bits per heavy atom. The first kappa shape index (κ1) is 22.3. The number of amides is 1. The number of aliphatic hydroxyl groups excluding tert-OH is 1. The lowest BCUT2D eigenvalue weighted by Crippen LogP contribution is -2.34. The van der Waals surface area contributed by atoms with Gasteiger partial charge in [0, 0.05) is 17.7 Å². The molecule has 3 aromatic rings. The number of aryl methyl sites for hydroxylation is 1. The summed E-state index contributed by atoms with van der Waals surface area (Å²) in [5.41, 5.74) is 6.99. The number of carbonyl (C=O) groups excluding carboxylic acids is 1. The Bertz CT molecular complexity index is 1150. The Kier molecular flexibility index (Phi) is 5.76. The highest BCUT2D eigenvalue weighted by Crippen LogP contribution is 2.46. The van der Waals surface area contributed by atoms with Crippen LogP contribution in [0.15, 0.2) is 52.9 Å². The van der Waals surface area contributed by atoms with Crippen molar-refractivity contribution in [1.29, 1.82) is 0 Å². The molecule has 0 aliphatic heterocycles. The zero-order valence-corrected chi connectivity index (χ0v) is 19.7. The molecule has 4 nitrogen and oxygen atoms in total. The van der Waals surface area contributed by atoms with Crippen LogP contribution in [0, 0.1) is 6.92 Å². The van der Waals surface area contributed by atoms with E-state index in [4.69, 9.17) is 4.42 Å². The van der Waals surface area contributed by atoms with Crippen molar-refractivity contribution in [2.24, 2.45) is 0 Å². The number of hydrogen-bond donors (Lipinski definition) is 2. The highest BCUT2D eigenvalue weighted by molar-refractivity contribution is 6.02. The molecule has 4 rings (SSSR count). The quantitative estimate of drug-likeness (QED) is 0.500. The van der Waals surface area contributed by atoms with Crippen molar-refractivity contribution >= 4 is 11.6 Å². The molecule has 2 aromatic carbocycles. The molecule has 0 atom stereocenters. The van der Waals surface area contributed by atoms with Crippen molar-refractivity contribution in [3.63, 3.8) is 0 Å². The molecule has 1 aliphatic carbocycles. The van der Waals surface area contributed by atoms with E-state index in [2.05, 4.69) is 52.1 Å². The van der Waals surface area contributed by atoms with Gasteiger partial charge in [0.1, 0.15) is 5.76 Å². The van der Waals surface area contributed by atoms with Crippen LogP contribution in [0.25, 0.3) is 0 Å². The highest BCUT2D eigenvalue weighted by Gasteiger charge is 2.37. The van der Waals surface area contributed by atoms with Gasteiger partial charge in [0.2, 0.25) is 0 Å². The van der Waals surface area contributed by atoms with E-state index in [1.54, 1.807) is 18.2 Å². The number of benzene rings is 2. The molecule has 0 saturated heterocycles. The topological polar surface area (TPSA) is 62.5 Å². The third-order valence-corrected chi connectivity index (χ3v) is 7.00. The van der Waals surface area contributed by atoms with Gasteiger partial charge in [-0.25, -0.2) is 0 Å². The van der Waals surface area contributed by atoms with Crippen LogP contribution in [0.1, 0.15) is 84.7 Å². The molecule has 0 fully saturated rings. The number of para-hydroxylation sites is 1. The van der Waals surface area contributed by atoms with Crippen molar-refractivity contribution in [3.8, 4) is 0 Å². The maximum atomic E-state index is 12.7. The summed E-state index contributed by atoms with van der Waals surface area (Å²) in [5.74, 6) is 0.716. The van der Waals surface area contributed by atoms with Crippen molar-refractivity contribution in [1.82, 2.24) is 0 Å². The van der Waals surface area contributed by atoms with Gasteiger partial charge in [-0.15, -0.1) is 0 Å². The van der Waals surface area contributed by atoms with Gasteiger partial charge in [-0.1, -0.05) is 58.0 Å². The van der Waals surface area contributed by atoms with Crippen LogP contribution < -0.4 is 5.32 Å². The average molecular weight is 432 g/mol. The van der Waals surface area contributed by atoms with Crippen LogP contribution in [0.3, 0.4) is 0 Å². The van der Waals surface area contributed by atoms with Gasteiger partial charge in [-0.3, -0.25) is 4.79 Å². The second kappa shape index (κ2) is 8.25. The van der Waals surface area contributed by atoms with Gasteiger partial charge in [0.15, 0.2) is 5.76 Å². The lowest BCUT2D eigenvalue weighted by atomic mass is 9.62. The van der Waals surface area contributed by atoms with E-state index in [1.807, 2.05) is 18.2 Å². The van der Waals surface area contributed by atoms with E-state index in [9.17, 15) is 9.90 Å². The number of carbonyl (C=O) groups is 1. The van der Waals surface area contributed by atoms with Crippen LogP contribution in [-0.4, -0.2) is 11.0 Å². The summed E-state index contributed by atoms with van der Waals surface area (Å²) in [4.78, 5) is 12.7. The lowest BCUT2D eigenvalue weighted by molar-refractivity contribution is 0.0995. The molecule has 0 unspecified atom stereocenters. The molecule has 0 saturated carbocycles. The van der Waals surface area contributed by atoms with Gasteiger partial charge in [-0.2, -0.15) is 0 Å². The summed E-state index contributed by atoms with van der Waals surface area (Å²) in [5, 5.41) is 12.3. The second-order valence-electron chi connectivity index (χ2n) is 10.3. The molecule has 4 heteroatoms. The molecule has 2 N–H and O–H groups in total. The van der Waals surface area contributed by atoms with Crippen LogP contribution in [0.2, 0.25) is 0 Å². The number of furan rings is 1. The number of rotatable bonds is 5. The largest absolute Gasteiger partial charge is 0.456 e. The second-order valence-corrected chi connectivity index (χ2v) is 10.3. The van der Waals surface area contributed by atoms with Crippen LogP contribution in [-0.2, 0) is 23.9 Å². The summed E-state index contributed by atoms with van der Waals surface area (Å²) in [6, 6.07) is 15.5. The van der Waals surface area contributed by atoms with E-state index in [0.29, 0.717) is 17.7 Å². The molecular formula is C28H33NO3. The Morgan fingerprint density at radius 2 is 1.62 bits per heavy atom. The third kappa shape index (κ3) is 4.24. The minimum atomic E-state index is -0.317. The van der Waals surface area contributed by atoms with E-state index in [0.717, 1.165) is 5.76 Å². The van der Waals surface area contributed by atoms with Crippen molar-refractivity contribution in [3.05, 3.63) is 87.9 Å². The van der Waals surface area contributed by atoms with Gasteiger partial charge >= 0.3 is 0 Å². The first-order chi connectivity index (χ1) is 15.1. The standard InChI is InChI=1S/C28H33NO3/c1-18-14-22-23(28(4,5)13-12-27(22,2)3)16-20(18)15-21-10-11-25(32-21)26(31)29-24-9-7-6-8-19(24)17-30/h6-11,14,16,30H,12-13,15,17H2,1-5H3,(H,29,31). The predicted molar refractivity (Wildman–Crippen MR) is 128 cm³/mol. The van der Waals surface area contributed by atoms with Gasteiger partial charge in [-0.05, 0) is 71.0 Å². The van der Waals surface area contributed by atoms with Gasteiger partial charge < -0.3 is 14.8 Å². The van der Waals surface area contributed by atoms with E-state index in [1.165, 1.54) is 35.1 Å². The van der Waals surface area contributed by atoms with E-state index in [-0.39, 0.29) is 29.1 Å². The fourth-order valence-electron chi connectivity index (χ4n) is 4.70. The Morgan fingerprint density at radius 3 is 2.31 bits per heavy atom. The first-order valence-electron chi connectivity index (χ1n) is 11.3. The smallest absolute Gasteiger partial charge is 0.291 e. The Labute approximate surface area is 190 Å². The average Bonchev–Trinajstić information content (AvgIpc) is 3.22. The number of fused-ring (bicyclic) bond motifs is 1. The van der Waals surface area contributed by atoms with Crippen LogP contribution in [0.5, 0.6) is 0 Å². The third-order valence-electron chi connectivity index (χ3n) is 7.00. The molecule has 1 aliphatic rings. The molecule has 0 bridgehead atoms. The Balaban J connectivity index is 1.57. The summed E-state index contributed by atoms with van der Waals surface area (Å²) >= 11 is 0. The normalized spacial score (nSPS) is 16.4. The zero-order chi connectivity index (χ0) is 23.1. The molecule has 1 aromatic heterocycles. The van der Waals surface area contributed by atoms with Gasteiger partial charge in [0.25, 0.3) is 5.91 Å². The molecule has 0 radical (unpaired) electrons. The highest BCUT2D eigenvalue weighted by atomic mass is 16.3. The van der Waals surface area contributed by atoms with Crippen LogP contribution in [0.4, 0.5) is 5.69 Å². The maximum Gasteiger partial charge on any atom is 0.291 e. The summed E-state index contributed by atoms with van der Waals surface area (Å²) < 4.78 is 5.91. The van der Waals surface area contributed by atoms with Crippen molar-refractivity contribution < 1.29 is 14.3 Å². The molecule has 1 heterocycles. The molecular weight excluding hydrogens is 398 g/mol. The minimum Gasteiger partial charge on any atom is -0.456 e. The van der Waals surface area contributed by atoms with Crippen molar-refractivity contribution in [2.75, 3.05) is 5.32 Å². The summed E-state index contributed by atoms with van der Waals surface area (Å²) in [6.07, 6.45) is 3.02. The summed E-state index contributed by atoms with van der Waals surface area (Å²) in [7, 11) is 0. The fourth-order valence-corrected chi connectivity index (χ4v) is 4.70. The fraction of sp³-hybridized carbons (Fsp3) is 0.393. The summed E-state index contributed by atoms with van der Waals surface area (Å²) in [6.45, 7) is 11.4. The monoisotopic (exact) mass is 431 g/mol. The van der Waals surface area contributed by atoms with Gasteiger partial charge in [0.05, 0.1) is 6.61 Å². The Hall–Kier alpha value is -2.85. The first-order valence-corrected chi connectivity index (χ1v) is 11.3. The lowest BCUT2D eigenvalue weighted by Gasteiger charge is -2.42. The predicted octanol–water partition coefficient (Wildman–Crippen LogP) is 6.27.